The van der Waals surface area contributed by atoms with Gasteiger partial charge in [0.05, 0.1) is 5.02 Å². The molecule has 6 heteroatoms. The fourth-order valence-electron chi connectivity index (χ4n) is 2.86. The first kappa shape index (κ1) is 15.3. The number of fused-ring (bicyclic) bond motifs is 1. The Bertz CT molecular complexity index is 755. The molecule has 0 bridgehead atoms. The highest BCUT2D eigenvalue weighted by molar-refractivity contribution is 7.21. The number of carbonyl (C=O) groups excluding carboxylic acids is 1. The molecule has 1 fully saturated rings. The molecule has 1 aliphatic rings. The lowest BCUT2D eigenvalue weighted by Crippen LogP contribution is -2.40. The lowest BCUT2D eigenvalue weighted by atomic mass is 10.1. The summed E-state index contributed by atoms with van der Waals surface area (Å²) in [7, 11) is 0. The van der Waals surface area contributed by atoms with E-state index in [-0.39, 0.29) is 5.91 Å². The van der Waals surface area contributed by atoms with E-state index in [9.17, 15) is 14.7 Å². The Balaban J connectivity index is 2.00. The van der Waals surface area contributed by atoms with E-state index >= 15 is 0 Å². The lowest BCUT2D eigenvalue weighted by Gasteiger charge is -2.20. The topological polar surface area (TPSA) is 57.6 Å². The van der Waals surface area contributed by atoms with Crippen molar-refractivity contribution in [1.82, 2.24) is 4.90 Å². The summed E-state index contributed by atoms with van der Waals surface area (Å²) in [6.45, 7) is 2.55. The monoisotopic (exact) mass is 337 g/mol. The Morgan fingerprint density at radius 2 is 2.23 bits per heavy atom. The number of aryl methyl sites for hydroxylation is 1. The van der Waals surface area contributed by atoms with Gasteiger partial charge in [-0.2, -0.15) is 0 Å². The van der Waals surface area contributed by atoms with Crippen LogP contribution in [0.1, 0.15) is 35.0 Å². The number of halogens is 1. The zero-order valence-electron chi connectivity index (χ0n) is 12.1. The van der Waals surface area contributed by atoms with Gasteiger partial charge < -0.3 is 10.0 Å². The summed E-state index contributed by atoms with van der Waals surface area (Å²) in [5.41, 5.74) is 1.19. The highest BCUT2D eigenvalue weighted by Gasteiger charge is 2.36. The summed E-state index contributed by atoms with van der Waals surface area (Å²) < 4.78 is 0.971. The van der Waals surface area contributed by atoms with Gasteiger partial charge in [-0.3, -0.25) is 4.79 Å². The van der Waals surface area contributed by atoms with E-state index in [2.05, 4.69) is 6.92 Å². The molecule has 0 aliphatic carbocycles. The normalized spacial score (nSPS) is 18.1. The summed E-state index contributed by atoms with van der Waals surface area (Å²) in [4.78, 5) is 25.8. The summed E-state index contributed by atoms with van der Waals surface area (Å²) >= 11 is 7.71. The van der Waals surface area contributed by atoms with Crippen LogP contribution in [0.2, 0.25) is 5.02 Å². The third-order valence-electron chi connectivity index (χ3n) is 4.10. The van der Waals surface area contributed by atoms with E-state index in [0.717, 1.165) is 16.5 Å². The molecule has 2 heterocycles. The van der Waals surface area contributed by atoms with Crippen molar-refractivity contribution in [2.75, 3.05) is 6.54 Å². The van der Waals surface area contributed by atoms with Crippen LogP contribution in [-0.4, -0.2) is 34.5 Å². The van der Waals surface area contributed by atoms with E-state index in [0.29, 0.717) is 29.3 Å². The van der Waals surface area contributed by atoms with E-state index in [1.165, 1.54) is 21.8 Å². The van der Waals surface area contributed by atoms with Crippen molar-refractivity contribution in [3.05, 3.63) is 33.7 Å². The summed E-state index contributed by atoms with van der Waals surface area (Å²) in [6, 6.07) is 5.24. The molecule has 0 saturated carbocycles. The maximum Gasteiger partial charge on any atom is 0.326 e. The van der Waals surface area contributed by atoms with Crippen LogP contribution in [0.15, 0.2) is 18.2 Å². The second-order valence-electron chi connectivity index (χ2n) is 5.42. The first-order valence-corrected chi connectivity index (χ1v) is 8.47. The SMILES string of the molecule is CCc1ccc2c(Cl)c(C(=O)N3CCC[C@H]3C(=O)O)sc2c1. The summed E-state index contributed by atoms with van der Waals surface area (Å²) in [5.74, 6) is -1.22. The molecule has 3 rings (SSSR count). The van der Waals surface area contributed by atoms with E-state index < -0.39 is 12.0 Å². The number of amides is 1. The molecule has 1 N–H and O–H groups in total. The largest absolute Gasteiger partial charge is 0.480 e. The minimum Gasteiger partial charge on any atom is -0.480 e. The molecule has 1 amide bonds. The average molecular weight is 338 g/mol. The number of thiophene rings is 1. The molecule has 22 heavy (non-hydrogen) atoms. The number of hydrogen-bond acceptors (Lipinski definition) is 3. The van der Waals surface area contributed by atoms with Crippen molar-refractivity contribution >= 4 is 44.9 Å². The van der Waals surface area contributed by atoms with Crippen LogP contribution in [0.4, 0.5) is 0 Å². The van der Waals surface area contributed by atoms with E-state index in [4.69, 9.17) is 11.6 Å². The number of aliphatic carboxylic acids is 1. The molecule has 4 nitrogen and oxygen atoms in total. The van der Waals surface area contributed by atoms with Crippen LogP contribution >= 0.6 is 22.9 Å². The van der Waals surface area contributed by atoms with Crippen LogP contribution in [0.5, 0.6) is 0 Å². The zero-order valence-corrected chi connectivity index (χ0v) is 13.7. The third kappa shape index (κ3) is 2.48. The molecule has 0 spiro atoms. The number of carboxylic acids is 1. The van der Waals surface area contributed by atoms with Gasteiger partial charge in [0.15, 0.2) is 0 Å². The van der Waals surface area contributed by atoms with Gasteiger partial charge in [0, 0.05) is 16.6 Å². The number of likely N-dealkylation sites (tertiary alicyclic amines) is 1. The van der Waals surface area contributed by atoms with Crippen LogP contribution < -0.4 is 0 Å². The number of carboxylic acid groups (broad SMARTS) is 1. The van der Waals surface area contributed by atoms with Gasteiger partial charge in [-0.05, 0) is 30.9 Å². The highest BCUT2D eigenvalue weighted by Crippen LogP contribution is 2.37. The van der Waals surface area contributed by atoms with Gasteiger partial charge in [-0.1, -0.05) is 30.7 Å². The predicted octanol–water partition coefficient (Wildman–Crippen LogP) is 3.81. The molecule has 1 saturated heterocycles. The van der Waals surface area contributed by atoms with Crippen LogP contribution in [0, 0.1) is 0 Å². The highest BCUT2D eigenvalue weighted by atomic mass is 35.5. The van der Waals surface area contributed by atoms with Crippen molar-refractivity contribution in [2.45, 2.75) is 32.2 Å². The first-order chi connectivity index (χ1) is 10.5. The molecule has 1 atom stereocenters. The molecule has 116 valence electrons. The summed E-state index contributed by atoms with van der Waals surface area (Å²) in [6.07, 6.45) is 2.14. The molecule has 1 aliphatic heterocycles. The number of rotatable bonds is 3. The van der Waals surface area contributed by atoms with E-state index in [1.807, 2.05) is 18.2 Å². The molecule has 2 aromatic rings. The molecule has 1 aromatic carbocycles. The van der Waals surface area contributed by atoms with Crippen molar-refractivity contribution < 1.29 is 14.7 Å². The maximum atomic E-state index is 12.7. The Labute approximate surface area is 137 Å². The lowest BCUT2D eigenvalue weighted by molar-refractivity contribution is -0.141. The fraction of sp³-hybridized carbons (Fsp3) is 0.375. The number of carbonyl (C=O) groups is 2. The Morgan fingerprint density at radius 3 is 2.91 bits per heavy atom. The molecule has 0 unspecified atom stereocenters. The number of benzene rings is 1. The quantitative estimate of drug-likeness (QED) is 0.926. The van der Waals surface area contributed by atoms with Crippen molar-refractivity contribution in [3.8, 4) is 0 Å². The summed E-state index contributed by atoms with van der Waals surface area (Å²) in [5, 5.41) is 10.5. The standard InChI is InChI=1S/C16H16ClNO3S/c1-2-9-5-6-10-12(8-9)22-14(13(10)17)15(19)18-7-3-4-11(18)16(20)21/h5-6,8,11H,2-4,7H2,1H3,(H,20,21)/t11-/m0/s1. The maximum absolute atomic E-state index is 12.7. The van der Waals surface area contributed by atoms with Crippen LogP contribution in [0.25, 0.3) is 10.1 Å². The predicted molar refractivity (Wildman–Crippen MR) is 87.9 cm³/mol. The Morgan fingerprint density at radius 1 is 1.45 bits per heavy atom. The van der Waals surface area contributed by atoms with Crippen LogP contribution in [-0.2, 0) is 11.2 Å². The second kappa shape index (κ2) is 5.89. The molecular weight excluding hydrogens is 322 g/mol. The van der Waals surface area contributed by atoms with Gasteiger partial charge in [0.2, 0.25) is 0 Å². The third-order valence-corrected chi connectivity index (χ3v) is 5.74. The molecule has 0 radical (unpaired) electrons. The van der Waals surface area contributed by atoms with Gasteiger partial charge >= 0.3 is 5.97 Å². The van der Waals surface area contributed by atoms with Gasteiger partial charge in [-0.15, -0.1) is 11.3 Å². The van der Waals surface area contributed by atoms with E-state index in [1.54, 1.807) is 0 Å². The zero-order chi connectivity index (χ0) is 15.9. The van der Waals surface area contributed by atoms with Gasteiger partial charge in [0.25, 0.3) is 5.91 Å². The number of hydrogen-bond donors (Lipinski definition) is 1. The van der Waals surface area contributed by atoms with Gasteiger partial charge in [0.1, 0.15) is 10.9 Å². The Kier molecular flexibility index (Phi) is 4.10. The van der Waals surface area contributed by atoms with Gasteiger partial charge in [-0.25, -0.2) is 4.79 Å². The molecule has 1 aromatic heterocycles. The van der Waals surface area contributed by atoms with Crippen molar-refractivity contribution in [3.63, 3.8) is 0 Å². The Hall–Kier alpha value is -1.59. The minimum absolute atomic E-state index is 0.269. The smallest absolute Gasteiger partial charge is 0.326 e. The minimum atomic E-state index is -0.948. The van der Waals surface area contributed by atoms with Crippen LogP contribution in [0.3, 0.4) is 0 Å². The van der Waals surface area contributed by atoms with Crippen molar-refractivity contribution in [1.29, 1.82) is 0 Å². The average Bonchev–Trinajstić information content (AvgIpc) is 3.11. The molecular formula is C16H16ClNO3S. The fourth-order valence-corrected chi connectivity index (χ4v) is 4.40. The number of nitrogens with zero attached hydrogens (tertiary/aromatic N) is 1. The first-order valence-electron chi connectivity index (χ1n) is 7.27. The second-order valence-corrected chi connectivity index (χ2v) is 6.85. The van der Waals surface area contributed by atoms with Crippen molar-refractivity contribution in [2.24, 2.45) is 0 Å².